The number of benzene rings is 2. The number of rotatable bonds is 6. The molecule has 2 amide bonds. The number of aliphatic imine (C=N–C) groups is 1. The number of urea groups is 1. The molecule has 1 N–H and O–H groups in total. The van der Waals surface area contributed by atoms with Gasteiger partial charge >= 0.3 is 6.03 Å². The minimum Gasteiger partial charge on any atom is -0.331 e. The number of allylic oxidation sites excluding steroid dienone is 2. The average molecular weight is 599 g/mol. The zero-order valence-electron chi connectivity index (χ0n) is 22.7. The van der Waals surface area contributed by atoms with E-state index in [2.05, 4.69) is 79.0 Å². The number of anilines is 1. The lowest BCUT2D eigenvalue weighted by Crippen LogP contribution is -2.51. The van der Waals surface area contributed by atoms with Gasteiger partial charge in [-0.3, -0.25) is 9.89 Å². The van der Waals surface area contributed by atoms with Gasteiger partial charge in [-0.25, -0.2) is 9.78 Å². The highest BCUT2D eigenvalue weighted by atomic mass is 79.9. The fourth-order valence-corrected chi connectivity index (χ4v) is 5.45. The quantitative estimate of drug-likeness (QED) is 0.287. The third-order valence-electron chi connectivity index (χ3n) is 7.54. The Morgan fingerprint density at radius 3 is 2.58 bits per heavy atom. The van der Waals surface area contributed by atoms with E-state index in [-0.39, 0.29) is 12.1 Å². The van der Waals surface area contributed by atoms with Crippen LogP contribution in [0.25, 0.3) is 6.08 Å². The Bertz CT molecular complexity index is 1500. The number of hydrogen-bond donors (Lipinski definition) is 1. The Hall–Kier alpha value is -4.00. The van der Waals surface area contributed by atoms with Crippen molar-refractivity contribution < 1.29 is 4.79 Å². The maximum atomic E-state index is 13.0. The highest BCUT2D eigenvalue weighted by molar-refractivity contribution is 9.09. The molecule has 1 unspecified atom stereocenters. The van der Waals surface area contributed by atoms with Crippen LogP contribution in [0.15, 0.2) is 82.8 Å². The Balaban J connectivity index is 1.40. The maximum Gasteiger partial charge on any atom is 0.321 e. The van der Waals surface area contributed by atoms with Gasteiger partial charge in [-0.15, -0.1) is 0 Å². The molecule has 2 aromatic carbocycles. The molecule has 0 saturated carbocycles. The van der Waals surface area contributed by atoms with Crippen molar-refractivity contribution in [3.8, 4) is 6.07 Å². The van der Waals surface area contributed by atoms with Crippen LogP contribution in [0.3, 0.4) is 0 Å². The maximum absolute atomic E-state index is 13.0. The van der Waals surface area contributed by atoms with Crippen molar-refractivity contribution in [3.63, 3.8) is 0 Å². The molecule has 204 valence electrons. The monoisotopic (exact) mass is 597 g/mol. The summed E-state index contributed by atoms with van der Waals surface area (Å²) in [5, 5.41) is 12.7. The molecule has 1 aliphatic carbocycles. The number of nitrogens with zero attached hydrogens (tertiary/aromatic N) is 6. The molecule has 5 rings (SSSR count). The van der Waals surface area contributed by atoms with Gasteiger partial charge in [-0.2, -0.15) is 5.26 Å². The van der Waals surface area contributed by atoms with Crippen LogP contribution < -0.4 is 5.32 Å². The molecule has 0 spiro atoms. The fraction of sp³-hybridized carbons (Fsp3) is 0.290. The topological polar surface area (TPSA) is 89.5 Å². The number of carbonyl (C=O) groups excluding carboxylic acids is 1. The Kier molecular flexibility index (Phi) is 8.58. The Labute approximate surface area is 243 Å². The summed E-state index contributed by atoms with van der Waals surface area (Å²) in [6.07, 6.45) is 8.06. The fourth-order valence-electron chi connectivity index (χ4n) is 5.31. The number of nitriles is 1. The lowest BCUT2D eigenvalue weighted by Gasteiger charge is -2.40. The molecular weight excluding hydrogens is 566 g/mol. The molecule has 2 heterocycles. The molecule has 1 aliphatic heterocycles. The van der Waals surface area contributed by atoms with E-state index < -0.39 is 0 Å². The molecule has 3 aromatic rings. The van der Waals surface area contributed by atoms with Gasteiger partial charge < -0.3 is 14.8 Å². The number of carbonyl (C=O) groups is 1. The number of piperazine rings is 1. The van der Waals surface area contributed by atoms with Gasteiger partial charge in [0.15, 0.2) is 0 Å². The zero-order chi connectivity index (χ0) is 28.1. The van der Waals surface area contributed by atoms with Gasteiger partial charge in [-0.1, -0.05) is 40.2 Å². The van der Waals surface area contributed by atoms with Crippen LogP contribution in [-0.2, 0) is 6.54 Å². The van der Waals surface area contributed by atoms with Crippen LogP contribution in [0.1, 0.15) is 35.5 Å². The van der Waals surface area contributed by atoms with Crippen molar-refractivity contribution >= 4 is 39.9 Å². The van der Waals surface area contributed by atoms with Crippen molar-refractivity contribution in [2.75, 3.05) is 36.8 Å². The minimum atomic E-state index is -0.130. The second-order valence-electron chi connectivity index (χ2n) is 9.92. The molecule has 1 aromatic heterocycles. The molecule has 2 aliphatic rings. The second-order valence-corrected chi connectivity index (χ2v) is 10.6. The predicted molar refractivity (Wildman–Crippen MR) is 162 cm³/mol. The van der Waals surface area contributed by atoms with Crippen LogP contribution >= 0.6 is 15.9 Å². The van der Waals surface area contributed by atoms with E-state index in [1.807, 2.05) is 30.4 Å². The molecule has 1 saturated heterocycles. The van der Waals surface area contributed by atoms with Gasteiger partial charge in [-0.05, 0) is 66.5 Å². The number of imidazole rings is 1. The number of fused-ring (bicyclic) bond motifs is 1. The van der Waals surface area contributed by atoms with Crippen LogP contribution in [0.4, 0.5) is 10.5 Å². The van der Waals surface area contributed by atoms with Gasteiger partial charge in [0.05, 0.1) is 23.4 Å². The third kappa shape index (κ3) is 5.93. The first-order chi connectivity index (χ1) is 19.5. The average Bonchev–Trinajstić information content (AvgIpc) is 3.34. The van der Waals surface area contributed by atoms with E-state index in [4.69, 9.17) is 10.3 Å². The largest absolute Gasteiger partial charge is 0.331 e. The van der Waals surface area contributed by atoms with Crippen molar-refractivity contribution in [2.24, 2.45) is 4.99 Å². The molecule has 0 radical (unpaired) electrons. The minimum absolute atomic E-state index is 0.0344. The first kappa shape index (κ1) is 27.6. The number of alkyl halides is 1. The van der Waals surface area contributed by atoms with Crippen molar-refractivity contribution in [1.29, 1.82) is 5.26 Å². The van der Waals surface area contributed by atoms with Gasteiger partial charge in [0.2, 0.25) is 0 Å². The molecule has 1 atom stereocenters. The molecule has 40 heavy (non-hydrogen) atoms. The Morgan fingerprint density at radius 2 is 1.90 bits per heavy atom. The highest BCUT2D eigenvalue weighted by Crippen LogP contribution is 2.40. The molecule has 1 fully saturated rings. The molecular formula is C31H32BrN7O. The van der Waals surface area contributed by atoms with Gasteiger partial charge in [0, 0.05) is 62.3 Å². The smallest absolute Gasteiger partial charge is 0.321 e. The van der Waals surface area contributed by atoms with Crippen molar-refractivity contribution in [3.05, 3.63) is 100 Å². The summed E-state index contributed by atoms with van der Waals surface area (Å²) in [4.78, 5) is 26.7. The SMILES string of the molecule is CC1=C(N=CCBr)C(N2CCN(C(=O)Nc3ccc(C#N)cc3)CC2)c2ccccc2C=C1Cn1ccnc1C. The van der Waals surface area contributed by atoms with E-state index in [1.165, 1.54) is 16.7 Å². The summed E-state index contributed by atoms with van der Waals surface area (Å²) in [5.41, 5.74) is 7.05. The number of hydrogen-bond acceptors (Lipinski definition) is 5. The predicted octanol–water partition coefficient (Wildman–Crippen LogP) is 5.79. The number of nitrogens with one attached hydrogen (secondary N) is 1. The second kappa shape index (κ2) is 12.5. The summed E-state index contributed by atoms with van der Waals surface area (Å²) < 4.78 is 2.16. The first-order valence-corrected chi connectivity index (χ1v) is 14.5. The third-order valence-corrected chi connectivity index (χ3v) is 7.83. The normalized spacial score (nSPS) is 17.8. The van der Waals surface area contributed by atoms with E-state index in [0.717, 1.165) is 36.7 Å². The van der Waals surface area contributed by atoms with Gasteiger partial charge in [0.25, 0.3) is 0 Å². The number of halogens is 1. The van der Waals surface area contributed by atoms with Crippen molar-refractivity contribution in [1.82, 2.24) is 19.4 Å². The zero-order valence-corrected chi connectivity index (χ0v) is 24.3. The number of aromatic nitrogens is 2. The summed E-state index contributed by atoms with van der Waals surface area (Å²) in [6, 6.07) is 17.4. The van der Waals surface area contributed by atoms with E-state index in [9.17, 15) is 4.79 Å². The highest BCUT2D eigenvalue weighted by Gasteiger charge is 2.33. The van der Waals surface area contributed by atoms with E-state index in [0.29, 0.717) is 29.7 Å². The van der Waals surface area contributed by atoms with Crippen molar-refractivity contribution in [2.45, 2.75) is 26.4 Å². The number of aryl methyl sites for hydroxylation is 1. The number of amides is 2. The lowest BCUT2D eigenvalue weighted by atomic mass is 9.96. The van der Waals surface area contributed by atoms with Crippen LogP contribution in [0, 0.1) is 18.3 Å². The van der Waals surface area contributed by atoms with E-state index >= 15 is 0 Å². The van der Waals surface area contributed by atoms with Crippen LogP contribution in [0.2, 0.25) is 0 Å². The standard InChI is InChI=1S/C31H32BrN7O/c1-22-26(21-39-14-13-34-23(39)2)19-25-5-3-4-6-28(25)30(29(22)35-12-11-32)37-15-17-38(18-16-37)31(40)36-27-9-7-24(20-33)8-10-27/h3-10,12-14,19,30H,11,15-18,21H2,1-2H3,(H,36,40). The summed E-state index contributed by atoms with van der Waals surface area (Å²) >= 11 is 3.52. The first-order valence-electron chi connectivity index (χ1n) is 13.4. The summed E-state index contributed by atoms with van der Waals surface area (Å²) in [6.45, 7) is 7.54. The molecule has 9 heteroatoms. The summed E-state index contributed by atoms with van der Waals surface area (Å²) in [5.74, 6) is 0.976. The lowest BCUT2D eigenvalue weighted by molar-refractivity contribution is 0.124. The van der Waals surface area contributed by atoms with E-state index in [1.54, 1.807) is 24.3 Å². The van der Waals surface area contributed by atoms with Crippen LogP contribution in [0.5, 0.6) is 0 Å². The van der Waals surface area contributed by atoms with Gasteiger partial charge in [0.1, 0.15) is 5.82 Å². The Morgan fingerprint density at radius 1 is 1.15 bits per heavy atom. The molecule has 0 bridgehead atoms. The van der Waals surface area contributed by atoms with Crippen LogP contribution in [-0.4, -0.2) is 63.1 Å². The summed E-state index contributed by atoms with van der Waals surface area (Å²) in [7, 11) is 0. The molecule has 8 nitrogen and oxygen atoms in total.